The molecular weight excluding hydrogens is 271 g/mol. The Morgan fingerprint density at radius 3 is 2.80 bits per heavy atom. The Balaban J connectivity index is 1.96. The first-order valence-electron chi connectivity index (χ1n) is 7.07. The quantitative estimate of drug-likeness (QED) is 0.578. The lowest BCUT2D eigenvalue weighted by molar-refractivity contribution is 0.103. The number of ketones is 1. The van der Waals surface area contributed by atoms with E-state index in [1.165, 1.54) is 35.8 Å². The molecule has 0 N–H and O–H groups in total. The summed E-state index contributed by atoms with van der Waals surface area (Å²) in [6, 6.07) is 6.69. The van der Waals surface area contributed by atoms with Gasteiger partial charge < -0.3 is 0 Å². The van der Waals surface area contributed by atoms with Gasteiger partial charge in [-0.2, -0.15) is 0 Å². The Morgan fingerprint density at radius 2 is 1.95 bits per heavy atom. The normalized spacial score (nSPS) is 14.7. The average molecular weight is 288 g/mol. The molecule has 0 atom stereocenters. The monoisotopic (exact) mass is 288 g/mol. The zero-order valence-electron chi connectivity index (χ0n) is 11.5. The molecule has 2 aromatic rings. The smallest absolute Gasteiger partial charge is 0.205 e. The molecule has 0 radical (unpaired) electrons. The fourth-order valence-electron chi connectivity index (χ4n) is 2.73. The molecule has 1 aliphatic carbocycles. The highest BCUT2D eigenvalue weighted by atomic mass is 32.1. The molecule has 20 heavy (non-hydrogen) atoms. The summed E-state index contributed by atoms with van der Waals surface area (Å²) >= 11 is 1.55. The number of carbonyl (C=O) groups excluding carboxylic acids is 1. The van der Waals surface area contributed by atoms with Crippen molar-refractivity contribution in [2.75, 3.05) is 0 Å². The van der Waals surface area contributed by atoms with Crippen molar-refractivity contribution < 1.29 is 9.18 Å². The van der Waals surface area contributed by atoms with Gasteiger partial charge in [0.15, 0.2) is 0 Å². The summed E-state index contributed by atoms with van der Waals surface area (Å²) in [5, 5.41) is 0. The van der Waals surface area contributed by atoms with Gasteiger partial charge in [0.1, 0.15) is 5.82 Å². The highest BCUT2D eigenvalue weighted by molar-refractivity contribution is 7.14. The molecular formula is C17H17FOS. The first-order chi connectivity index (χ1) is 9.65. The fourth-order valence-corrected chi connectivity index (χ4v) is 3.93. The zero-order chi connectivity index (χ0) is 14.1. The van der Waals surface area contributed by atoms with E-state index < -0.39 is 5.82 Å². The SMILES string of the molecule is Cc1ccc(F)c(C(=O)c2cc3c(s2)CCCCC3)c1. The van der Waals surface area contributed by atoms with Gasteiger partial charge in [0.05, 0.1) is 10.4 Å². The number of hydrogen-bond acceptors (Lipinski definition) is 2. The third kappa shape index (κ3) is 2.55. The Kier molecular flexibility index (Phi) is 3.70. The molecule has 104 valence electrons. The minimum absolute atomic E-state index is 0.177. The minimum atomic E-state index is -0.427. The van der Waals surface area contributed by atoms with E-state index in [0.717, 1.165) is 18.4 Å². The molecule has 1 aliphatic rings. The van der Waals surface area contributed by atoms with Gasteiger partial charge in [-0.05, 0) is 56.4 Å². The summed E-state index contributed by atoms with van der Waals surface area (Å²) in [5.74, 6) is -0.603. The second-order valence-electron chi connectivity index (χ2n) is 5.43. The molecule has 1 heterocycles. The number of hydrogen-bond donors (Lipinski definition) is 0. The standard InChI is InChI=1S/C17H17FOS/c1-11-7-8-14(18)13(9-11)17(19)16-10-12-5-3-2-4-6-15(12)20-16/h7-10H,2-6H2,1H3. The van der Waals surface area contributed by atoms with Crippen molar-refractivity contribution in [3.63, 3.8) is 0 Å². The van der Waals surface area contributed by atoms with Crippen LogP contribution in [-0.4, -0.2) is 5.78 Å². The summed E-state index contributed by atoms with van der Waals surface area (Å²) in [4.78, 5) is 14.5. The predicted octanol–water partition coefficient (Wildman–Crippen LogP) is 4.70. The molecule has 0 aliphatic heterocycles. The molecule has 0 saturated carbocycles. The summed E-state index contributed by atoms with van der Waals surface area (Å²) in [6.07, 6.45) is 5.76. The first kappa shape index (κ1) is 13.5. The van der Waals surface area contributed by atoms with Crippen LogP contribution in [0.2, 0.25) is 0 Å². The van der Waals surface area contributed by atoms with Crippen LogP contribution in [0.5, 0.6) is 0 Å². The highest BCUT2D eigenvalue weighted by Crippen LogP contribution is 2.30. The molecule has 1 aromatic heterocycles. The summed E-state index contributed by atoms with van der Waals surface area (Å²) in [7, 11) is 0. The second kappa shape index (κ2) is 5.49. The van der Waals surface area contributed by atoms with Gasteiger partial charge in [-0.3, -0.25) is 4.79 Å². The van der Waals surface area contributed by atoms with Crippen LogP contribution in [0.1, 0.15) is 50.5 Å². The Labute approximate surface area is 122 Å². The lowest BCUT2D eigenvalue weighted by Crippen LogP contribution is -2.02. The number of rotatable bonds is 2. The minimum Gasteiger partial charge on any atom is -0.288 e. The van der Waals surface area contributed by atoms with E-state index in [1.807, 2.05) is 13.0 Å². The topological polar surface area (TPSA) is 17.1 Å². The van der Waals surface area contributed by atoms with Crippen LogP contribution >= 0.6 is 11.3 Å². The maximum atomic E-state index is 13.8. The van der Waals surface area contributed by atoms with Gasteiger partial charge in [0.2, 0.25) is 5.78 Å². The zero-order valence-corrected chi connectivity index (χ0v) is 12.4. The van der Waals surface area contributed by atoms with Crippen LogP contribution in [0, 0.1) is 12.7 Å². The van der Waals surface area contributed by atoms with Crippen LogP contribution in [0.4, 0.5) is 4.39 Å². The molecule has 0 unspecified atom stereocenters. The molecule has 0 saturated heterocycles. The van der Waals surface area contributed by atoms with E-state index in [4.69, 9.17) is 0 Å². The average Bonchev–Trinajstić information content (AvgIpc) is 2.72. The lowest BCUT2D eigenvalue weighted by Gasteiger charge is -2.02. The highest BCUT2D eigenvalue weighted by Gasteiger charge is 2.19. The van der Waals surface area contributed by atoms with Crippen LogP contribution in [-0.2, 0) is 12.8 Å². The molecule has 1 nitrogen and oxygen atoms in total. The number of halogens is 1. The fraction of sp³-hybridized carbons (Fsp3) is 0.353. The van der Waals surface area contributed by atoms with Crippen molar-refractivity contribution in [3.05, 3.63) is 56.5 Å². The molecule has 0 fully saturated rings. The Bertz CT molecular complexity index is 634. The van der Waals surface area contributed by atoms with Gasteiger partial charge in [-0.1, -0.05) is 18.1 Å². The van der Waals surface area contributed by atoms with Crippen molar-refractivity contribution >= 4 is 17.1 Å². The summed E-state index contributed by atoms with van der Waals surface area (Å²) in [5.41, 5.74) is 2.40. The second-order valence-corrected chi connectivity index (χ2v) is 6.57. The van der Waals surface area contributed by atoms with Crippen molar-refractivity contribution in [1.29, 1.82) is 0 Å². The van der Waals surface area contributed by atoms with Crippen LogP contribution in [0.15, 0.2) is 24.3 Å². The first-order valence-corrected chi connectivity index (χ1v) is 7.89. The van der Waals surface area contributed by atoms with Gasteiger partial charge in [0.25, 0.3) is 0 Å². The van der Waals surface area contributed by atoms with E-state index >= 15 is 0 Å². The van der Waals surface area contributed by atoms with Gasteiger partial charge in [-0.15, -0.1) is 11.3 Å². The van der Waals surface area contributed by atoms with Gasteiger partial charge in [-0.25, -0.2) is 4.39 Å². The number of fused-ring (bicyclic) bond motifs is 1. The van der Waals surface area contributed by atoms with Crippen molar-refractivity contribution in [2.24, 2.45) is 0 Å². The van der Waals surface area contributed by atoms with E-state index in [0.29, 0.717) is 4.88 Å². The number of thiophene rings is 1. The molecule has 1 aromatic carbocycles. The van der Waals surface area contributed by atoms with E-state index in [1.54, 1.807) is 23.5 Å². The predicted molar refractivity (Wildman–Crippen MR) is 80.1 cm³/mol. The third-order valence-electron chi connectivity index (χ3n) is 3.84. The van der Waals surface area contributed by atoms with Crippen molar-refractivity contribution in [2.45, 2.75) is 39.0 Å². The van der Waals surface area contributed by atoms with Gasteiger partial charge in [0, 0.05) is 4.88 Å². The van der Waals surface area contributed by atoms with Crippen LogP contribution < -0.4 is 0 Å². The largest absolute Gasteiger partial charge is 0.288 e. The molecule has 0 spiro atoms. The molecule has 0 amide bonds. The summed E-state index contributed by atoms with van der Waals surface area (Å²) in [6.45, 7) is 1.87. The maximum Gasteiger partial charge on any atom is 0.205 e. The third-order valence-corrected chi connectivity index (χ3v) is 5.07. The lowest BCUT2D eigenvalue weighted by atomic mass is 10.0. The Hall–Kier alpha value is -1.48. The summed E-state index contributed by atoms with van der Waals surface area (Å²) < 4.78 is 13.8. The Morgan fingerprint density at radius 1 is 1.15 bits per heavy atom. The van der Waals surface area contributed by atoms with Crippen molar-refractivity contribution in [3.8, 4) is 0 Å². The molecule has 0 bridgehead atoms. The van der Waals surface area contributed by atoms with Gasteiger partial charge >= 0.3 is 0 Å². The van der Waals surface area contributed by atoms with E-state index in [2.05, 4.69) is 0 Å². The number of benzene rings is 1. The molecule has 3 heteroatoms. The van der Waals surface area contributed by atoms with E-state index in [9.17, 15) is 9.18 Å². The maximum absolute atomic E-state index is 13.8. The van der Waals surface area contributed by atoms with E-state index in [-0.39, 0.29) is 11.3 Å². The van der Waals surface area contributed by atoms with Crippen LogP contribution in [0.3, 0.4) is 0 Å². The van der Waals surface area contributed by atoms with Crippen molar-refractivity contribution in [1.82, 2.24) is 0 Å². The number of carbonyl (C=O) groups is 1. The molecule has 3 rings (SSSR count). The number of aryl methyl sites for hydroxylation is 3. The van der Waals surface area contributed by atoms with Crippen LogP contribution in [0.25, 0.3) is 0 Å².